The lowest BCUT2D eigenvalue weighted by atomic mass is 10.2. The number of alkyl halides is 1. The van der Waals surface area contributed by atoms with E-state index in [1.165, 1.54) is 4.88 Å². The van der Waals surface area contributed by atoms with E-state index in [1.807, 2.05) is 6.07 Å². The standard InChI is InChI=1S/C10H15BrClNS/c1-8(5-11)6-13(2)7-9-3-4-10(12)14-9/h3-4,8H,5-7H2,1-2H3. The van der Waals surface area contributed by atoms with Crippen LogP contribution in [0.15, 0.2) is 12.1 Å². The van der Waals surface area contributed by atoms with Crippen molar-refractivity contribution in [2.24, 2.45) is 5.92 Å². The van der Waals surface area contributed by atoms with Gasteiger partial charge in [0, 0.05) is 23.3 Å². The van der Waals surface area contributed by atoms with E-state index < -0.39 is 0 Å². The molecule has 1 unspecified atom stereocenters. The molecule has 0 bridgehead atoms. The first-order chi connectivity index (χ1) is 6.61. The highest BCUT2D eigenvalue weighted by Crippen LogP contribution is 2.22. The number of hydrogen-bond acceptors (Lipinski definition) is 2. The Labute approximate surface area is 103 Å². The van der Waals surface area contributed by atoms with Crippen molar-refractivity contribution in [1.29, 1.82) is 0 Å². The van der Waals surface area contributed by atoms with E-state index in [1.54, 1.807) is 11.3 Å². The van der Waals surface area contributed by atoms with Gasteiger partial charge in [-0.15, -0.1) is 11.3 Å². The number of nitrogens with zero attached hydrogens (tertiary/aromatic N) is 1. The van der Waals surface area contributed by atoms with E-state index in [9.17, 15) is 0 Å². The van der Waals surface area contributed by atoms with Gasteiger partial charge >= 0.3 is 0 Å². The van der Waals surface area contributed by atoms with Crippen molar-refractivity contribution in [1.82, 2.24) is 4.90 Å². The first kappa shape index (κ1) is 12.5. The Kier molecular flexibility index (Phi) is 5.45. The summed E-state index contributed by atoms with van der Waals surface area (Å²) in [5, 5.41) is 1.06. The summed E-state index contributed by atoms with van der Waals surface area (Å²) >= 11 is 11.0. The van der Waals surface area contributed by atoms with Crippen LogP contribution in [-0.4, -0.2) is 23.8 Å². The first-order valence-corrected chi connectivity index (χ1v) is 6.92. The topological polar surface area (TPSA) is 3.24 Å². The van der Waals surface area contributed by atoms with Crippen molar-refractivity contribution in [2.75, 3.05) is 18.9 Å². The van der Waals surface area contributed by atoms with E-state index in [-0.39, 0.29) is 0 Å². The summed E-state index contributed by atoms with van der Waals surface area (Å²) in [7, 11) is 2.15. The fourth-order valence-corrected chi connectivity index (χ4v) is 2.72. The van der Waals surface area contributed by atoms with E-state index in [0.717, 1.165) is 22.8 Å². The zero-order valence-electron chi connectivity index (χ0n) is 8.46. The van der Waals surface area contributed by atoms with E-state index in [0.29, 0.717) is 5.92 Å². The maximum absolute atomic E-state index is 5.87. The molecular weight excluding hydrogens is 282 g/mol. The van der Waals surface area contributed by atoms with Gasteiger partial charge in [-0.1, -0.05) is 34.5 Å². The highest BCUT2D eigenvalue weighted by atomic mass is 79.9. The monoisotopic (exact) mass is 295 g/mol. The zero-order chi connectivity index (χ0) is 10.6. The molecule has 0 fully saturated rings. The van der Waals surface area contributed by atoms with Gasteiger partial charge in [0.2, 0.25) is 0 Å². The summed E-state index contributed by atoms with van der Waals surface area (Å²) in [4.78, 5) is 3.66. The number of hydrogen-bond donors (Lipinski definition) is 0. The van der Waals surface area contributed by atoms with Gasteiger partial charge < -0.3 is 4.90 Å². The van der Waals surface area contributed by atoms with Crippen LogP contribution in [0.2, 0.25) is 4.34 Å². The Morgan fingerprint density at radius 1 is 1.57 bits per heavy atom. The largest absolute Gasteiger partial charge is 0.301 e. The van der Waals surface area contributed by atoms with Gasteiger partial charge in [0.05, 0.1) is 4.34 Å². The second kappa shape index (κ2) is 6.11. The van der Waals surface area contributed by atoms with E-state index in [4.69, 9.17) is 11.6 Å². The molecule has 0 aliphatic heterocycles. The van der Waals surface area contributed by atoms with Crippen LogP contribution >= 0.6 is 38.9 Å². The minimum atomic E-state index is 0.690. The Bertz CT molecular complexity index is 277. The van der Waals surface area contributed by atoms with Crippen LogP contribution in [0.25, 0.3) is 0 Å². The van der Waals surface area contributed by atoms with Crippen molar-refractivity contribution in [3.05, 3.63) is 21.3 Å². The molecule has 1 atom stereocenters. The lowest BCUT2D eigenvalue weighted by Gasteiger charge is -2.18. The smallest absolute Gasteiger partial charge is 0.0931 e. The molecule has 14 heavy (non-hydrogen) atoms. The summed E-state index contributed by atoms with van der Waals surface area (Å²) in [6.45, 7) is 4.35. The van der Waals surface area contributed by atoms with Crippen LogP contribution in [-0.2, 0) is 6.54 Å². The number of halogens is 2. The van der Waals surface area contributed by atoms with Crippen LogP contribution in [0.3, 0.4) is 0 Å². The molecule has 80 valence electrons. The van der Waals surface area contributed by atoms with Gasteiger partial charge in [0.25, 0.3) is 0 Å². The van der Waals surface area contributed by atoms with E-state index in [2.05, 4.69) is 40.9 Å². The average Bonchev–Trinajstić information content (AvgIpc) is 2.50. The van der Waals surface area contributed by atoms with E-state index >= 15 is 0 Å². The Balaban J connectivity index is 2.37. The minimum Gasteiger partial charge on any atom is -0.301 e. The third kappa shape index (κ3) is 4.30. The SMILES string of the molecule is CC(CBr)CN(C)Cc1ccc(Cl)s1. The maximum atomic E-state index is 5.87. The summed E-state index contributed by atoms with van der Waals surface area (Å²) in [6.07, 6.45) is 0. The molecule has 0 aliphatic carbocycles. The molecule has 0 spiro atoms. The first-order valence-electron chi connectivity index (χ1n) is 4.60. The molecule has 0 aromatic carbocycles. The summed E-state index contributed by atoms with van der Waals surface area (Å²) in [5.41, 5.74) is 0. The minimum absolute atomic E-state index is 0.690. The molecule has 1 rings (SSSR count). The molecular formula is C10H15BrClNS. The highest BCUT2D eigenvalue weighted by molar-refractivity contribution is 9.09. The zero-order valence-corrected chi connectivity index (χ0v) is 11.6. The molecule has 0 saturated heterocycles. The van der Waals surface area contributed by atoms with Crippen molar-refractivity contribution in [3.8, 4) is 0 Å². The van der Waals surface area contributed by atoms with Gasteiger partial charge in [0.15, 0.2) is 0 Å². The third-order valence-electron chi connectivity index (χ3n) is 1.94. The normalized spacial score (nSPS) is 13.5. The predicted molar refractivity (Wildman–Crippen MR) is 68.6 cm³/mol. The predicted octanol–water partition coefficient (Wildman–Crippen LogP) is 3.86. The third-order valence-corrected chi connectivity index (χ3v) is 4.26. The molecule has 1 aromatic heterocycles. The van der Waals surface area contributed by atoms with Crippen LogP contribution in [0, 0.1) is 5.92 Å². The van der Waals surface area contributed by atoms with Gasteiger partial charge in [-0.3, -0.25) is 0 Å². The maximum Gasteiger partial charge on any atom is 0.0931 e. The van der Waals surface area contributed by atoms with Crippen LogP contribution in [0.4, 0.5) is 0 Å². The second-order valence-corrected chi connectivity index (χ2v) is 6.11. The summed E-state index contributed by atoms with van der Waals surface area (Å²) in [6, 6.07) is 4.06. The average molecular weight is 297 g/mol. The second-order valence-electron chi connectivity index (χ2n) is 3.66. The summed E-state index contributed by atoms with van der Waals surface area (Å²) in [5.74, 6) is 0.690. The Morgan fingerprint density at radius 2 is 2.29 bits per heavy atom. The van der Waals surface area contributed by atoms with Gasteiger partial charge in [-0.2, -0.15) is 0 Å². The molecule has 0 saturated carbocycles. The molecule has 1 aromatic rings. The highest BCUT2D eigenvalue weighted by Gasteiger charge is 2.06. The van der Waals surface area contributed by atoms with Gasteiger partial charge in [-0.25, -0.2) is 0 Å². The Hall–Kier alpha value is 0.430. The van der Waals surface area contributed by atoms with Gasteiger partial charge in [-0.05, 0) is 25.1 Å². The molecule has 1 nitrogen and oxygen atoms in total. The Morgan fingerprint density at radius 3 is 2.79 bits per heavy atom. The molecule has 4 heteroatoms. The molecule has 0 radical (unpaired) electrons. The quantitative estimate of drug-likeness (QED) is 0.746. The molecule has 0 amide bonds. The van der Waals surface area contributed by atoms with Crippen LogP contribution < -0.4 is 0 Å². The van der Waals surface area contributed by atoms with Crippen LogP contribution in [0.5, 0.6) is 0 Å². The van der Waals surface area contributed by atoms with Crippen LogP contribution in [0.1, 0.15) is 11.8 Å². The number of rotatable bonds is 5. The summed E-state index contributed by atoms with van der Waals surface area (Å²) < 4.78 is 0.877. The lowest BCUT2D eigenvalue weighted by molar-refractivity contribution is 0.293. The fourth-order valence-electron chi connectivity index (χ4n) is 1.35. The van der Waals surface area contributed by atoms with Crippen molar-refractivity contribution < 1.29 is 0 Å². The van der Waals surface area contributed by atoms with Gasteiger partial charge in [0.1, 0.15) is 0 Å². The number of thiophene rings is 1. The van der Waals surface area contributed by atoms with Crippen molar-refractivity contribution in [3.63, 3.8) is 0 Å². The lowest BCUT2D eigenvalue weighted by Crippen LogP contribution is -2.24. The molecule has 1 heterocycles. The van der Waals surface area contributed by atoms with Crippen molar-refractivity contribution >= 4 is 38.9 Å². The molecule has 0 aliphatic rings. The van der Waals surface area contributed by atoms with Crippen molar-refractivity contribution in [2.45, 2.75) is 13.5 Å². The molecule has 0 N–H and O–H groups in total. The fraction of sp³-hybridized carbons (Fsp3) is 0.600.